The van der Waals surface area contributed by atoms with Crippen molar-refractivity contribution < 1.29 is 9.15 Å². The number of methoxy groups -OCH3 is 1. The first-order chi connectivity index (χ1) is 9.36. The fourth-order valence-corrected chi connectivity index (χ4v) is 2.08. The lowest BCUT2D eigenvalue weighted by atomic mass is 10.2. The summed E-state index contributed by atoms with van der Waals surface area (Å²) < 4.78 is 10.6. The molecule has 3 aromatic rings. The predicted molar refractivity (Wildman–Crippen MR) is 76.5 cm³/mol. The molecule has 96 valence electrons. The summed E-state index contributed by atoms with van der Waals surface area (Å²) in [6, 6.07) is 15.9. The van der Waals surface area contributed by atoms with Gasteiger partial charge in [0, 0.05) is 23.2 Å². The summed E-state index contributed by atoms with van der Waals surface area (Å²) in [7, 11) is 1.67. The van der Waals surface area contributed by atoms with Crippen LogP contribution in [0.4, 0.5) is 5.69 Å². The summed E-state index contributed by atoms with van der Waals surface area (Å²) in [6.45, 7) is 0.739. The highest BCUT2D eigenvalue weighted by atomic mass is 16.5. The predicted octanol–water partition coefficient (Wildman–Crippen LogP) is 4.05. The van der Waals surface area contributed by atoms with Crippen LogP contribution in [-0.4, -0.2) is 7.11 Å². The summed E-state index contributed by atoms with van der Waals surface area (Å²) in [5.41, 5.74) is 3.14. The zero-order valence-electron chi connectivity index (χ0n) is 10.7. The zero-order valence-corrected chi connectivity index (χ0v) is 10.7. The van der Waals surface area contributed by atoms with Crippen molar-refractivity contribution in [3.63, 3.8) is 0 Å². The van der Waals surface area contributed by atoms with E-state index in [0.717, 1.165) is 34.5 Å². The molecule has 0 aliphatic rings. The highest BCUT2D eigenvalue weighted by molar-refractivity contribution is 5.81. The van der Waals surface area contributed by atoms with E-state index in [2.05, 4.69) is 11.4 Å². The van der Waals surface area contributed by atoms with Gasteiger partial charge in [-0.05, 0) is 30.3 Å². The van der Waals surface area contributed by atoms with E-state index in [9.17, 15) is 0 Å². The number of furan rings is 1. The Kier molecular flexibility index (Phi) is 3.11. The van der Waals surface area contributed by atoms with Crippen molar-refractivity contribution in [1.29, 1.82) is 0 Å². The van der Waals surface area contributed by atoms with Crippen LogP contribution in [0, 0.1) is 0 Å². The van der Waals surface area contributed by atoms with Gasteiger partial charge in [0.2, 0.25) is 0 Å². The van der Waals surface area contributed by atoms with E-state index in [1.54, 1.807) is 13.4 Å². The standard InChI is InChI=1S/C16H15NO2/c1-18-14-8-6-13(7-9-14)17-10-12-11-19-16-5-3-2-4-15(12)16/h2-9,11,17H,10H2,1H3. The van der Waals surface area contributed by atoms with Crippen LogP contribution in [0.2, 0.25) is 0 Å². The average Bonchev–Trinajstić information content (AvgIpc) is 2.89. The number of benzene rings is 2. The molecule has 1 heterocycles. The monoisotopic (exact) mass is 253 g/mol. The Morgan fingerprint density at radius 2 is 1.84 bits per heavy atom. The van der Waals surface area contributed by atoms with Crippen LogP contribution in [0.1, 0.15) is 5.56 Å². The van der Waals surface area contributed by atoms with Gasteiger partial charge in [0.25, 0.3) is 0 Å². The van der Waals surface area contributed by atoms with E-state index in [4.69, 9.17) is 9.15 Å². The lowest BCUT2D eigenvalue weighted by molar-refractivity contribution is 0.415. The number of hydrogen-bond acceptors (Lipinski definition) is 3. The highest BCUT2D eigenvalue weighted by Gasteiger charge is 2.04. The summed E-state index contributed by atoms with van der Waals surface area (Å²) in [4.78, 5) is 0. The van der Waals surface area contributed by atoms with Gasteiger partial charge in [0.1, 0.15) is 11.3 Å². The molecule has 3 heteroatoms. The zero-order chi connectivity index (χ0) is 13.1. The number of anilines is 1. The van der Waals surface area contributed by atoms with E-state index in [1.807, 2.05) is 42.5 Å². The van der Waals surface area contributed by atoms with E-state index in [0.29, 0.717) is 0 Å². The summed E-state index contributed by atoms with van der Waals surface area (Å²) in [5, 5.41) is 4.53. The molecule has 0 aliphatic heterocycles. The molecule has 3 nitrogen and oxygen atoms in total. The molecule has 19 heavy (non-hydrogen) atoms. The second-order valence-corrected chi connectivity index (χ2v) is 4.34. The maximum atomic E-state index is 5.51. The van der Waals surface area contributed by atoms with Crippen LogP contribution >= 0.6 is 0 Å². The van der Waals surface area contributed by atoms with Crippen LogP contribution in [0.3, 0.4) is 0 Å². The van der Waals surface area contributed by atoms with Crippen molar-refractivity contribution in [2.45, 2.75) is 6.54 Å². The first-order valence-corrected chi connectivity index (χ1v) is 6.20. The molecule has 1 aromatic heterocycles. The third-order valence-corrected chi connectivity index (χ3v) is 3.13. The minimum Gasteiger partial charge on any atom is -0.497 e. The molecule has 0 unspecified atom stereocenters. The Balaban J connectivity index is 1.74. The second-order valence-electron chi connectivity index (χ2n) is 4.34. The maximum Gasteiger partial charge on any atom is 0.134 e. The lowest BCUT2D eigenvalue weighted by Crippen LogP contribution is -1.98. The minimum atomic E-state index is 0.739. The molecule has 0 saturated heterocycles. The Morgan fingerprint density at radius 3 is 2.63 bits per heavy atom. The van der Waals surface area contributed by atoms with Gasteiger partial charge in [-0.3, -0.25) is 0 Å². The molecule has 0 saturated carbocycles. The molecule has 0 radical (unpaired) electrons. The summed E-state index contributed by atoms with van der Waals surface area (Å²) in [5.74, 6) is 0.860. The molecule has 0 bridgehead atoms. The van der Waals surface area contributed by atoms with E-state index in [-0.39, 0.29) is 0 Å². The van der Waals surface area contributed by atoms with Crippen LogP contribution in [0.15, 0.2) is 59.2 Å². The van der Waals surface area contributed by atoms with Crippen LogP contribution in [0.25, 0.3) is 11.0 Å². The normalized spacial score (nSPS) is 10.6. The van der Waals surface area contributed by atoms with Gasteiger partial charge >= 0.3 is 0 Å². The van der Waals surface area contributed by atoms with Gasteiger partial charge in [-0.1, -0.05) is 18.2 Å². The molecule has 3 rings (SSSR count). The van der Waals surface area contributed by atoms with Gasteiger partial charge in [0.05, 0.1) is 13.4 Å². The molecule has 0 fully saturated rings. The van der Waals surface area contributed by atoms with Gasteiger partial charge in [-0.25, -0.2) is 0 Å². The first-order valence-electron chi connectivity index (χ1n) is 6.20. The van der Waals surface area contributed by atoms with Crippen molar-refractivity contribution in [2.75, 3.05) is 12.4 Å². The van der Waals surface area contributed by atoms with Crippen LogP contribution in [0.5, 0.6) is 5.75 Å². The first kappa shape index (κ1) is 11.7. The highest BCUT2D eigenvalue weighted by Crippen LogP contribution is 2.22. The number of hydrogen-bond donors (Lipinski definition) is 1. The SMILES string of the molecule is COc1ccc(NCc2coc3ccccc23)cc1. The molecule has 0 atom stereocenters. The van der Waals surface area contributed by atoms with Crippen molar-refractivity contribution in [2.24, 2.45) is 0 Å². The lowest BCUT2D eigenvalue weighted by Gasteiger charge is -2.06. The fraction of sp³-hybridized carbons (Fsp3) is 0.125. The Morgan fingerprint density at radius 1 is 1.05 bits per heavy atom. The van der Waals surface area contributed by atoms with Gasteiger partial charge in [-0.15, -0.1) is 0 Å². The third kappa shape index (κ3) is 2.40. The quantitative estimate of drug-likeness (QED) is 0.761. The number of nitrogens with one attached hydrogen (secondary N) is 1. The van der Waals surface area contributed by atoms with Gasteiger partial charge < -0.3 is 14.5 Å². The Labute approximate surface area is 111 Å². The van der Waals surface area contributed by atoms with Crippen LogP contribution < -0.4 is 10.1 Å². The average molecular weight is 253 g/mol. The largest absolute Gasteiger partial charge is 0.497 e. The maximum absolute atomic E-state index is 5.51. The molecule has 1 N–H and O–H groups in total. The number of rotatable bonds is 4. The third-order valence-electron chi connectivity index (χ3n) is 3.13. The molecule has 0 amide bonds. The Hall–Kier alpha value is -2.42. The van der Waals surface area contributed by atoms with Crippen molar-refractivity contribution in [3.05, 3.63) is 60.4 Å². The van der Waals surface area contributed by atoms with Crippen molar-refractivity contribution in [3.8, 4) is 5.75 Å². The summed E-state index contributed by atoms with van der Waals surface area (Å²) in [6.07, 6.45) is 1.81. The van der Waals surface area contributed by atoms with Gasteiger partial charge in [0.15, 0.2) is 0 Å². The van der Waals surface area contributed by atoms with Crippen LogP contribution in [-0.2, 0) is 6.54 Å². The minimum absolute atomic E-state index is 0.739. The fourth-order valence-electron chi connectivity index (χ4n) is 2.08. The van der Waals surface area contributed by atoms with Gasteiger partial charge in [-0.2, -0.15) is 0 Å². The topological polar surface area (TPSA) is 34.4 Å². The van der Waals surface area contributed by atoms with E-state index < -0.39 is 0 Å². The smallest absolute Gasteiger partial charge is 0.134 e. The second kappa shape index (κ2) is 5.06. The Bertz CT molecular complexity index is 671. The van der Waals surface area contributed by atoms with Crippen molar-refractivity contribution >= 4 is 16.7 Å². The number of fused-ring (bicyclic) bond motifs is 1. The van der Waals surface area contributed by atoms with Crippen molar-refractivity contribution in [1.82, 2.24) is 0 Å². The molecule has 0 aliphatic carbocycles. The number of ether oxygens (including phenoxy) is 1. The molecular formula is C16H15NO2. The number of para-hydroxylation sites is 1. The summed E-state index contributed by atoms with van der Waals surface area (Å²) >= 11 is 0. The molecule has 0 spiro atoms. The molecular weight excluding hydrogens is 238 g/mol. The van der Waals surface area contributed by atoms with E-state index in [1.165, 1.54) is 0 Å². The van der Waals surface area contributed by atoms with E-state index >= 15 is 0 Å². The molecule has 2 aromatic carbocycles.